The second-order valence-electron chi connectivity index (χ2n) is 10.5. The molecule has 0 radical (unpaired) electrons. The highest BCUT2D eigenvalue weighted by Gasteiger charge is 2.40. The lowest BCUT2D eigenvalue weighted by Gasteiger charge is -2.34. The lowest BCUT2D eigenvalue weighted by Crippen LogP contribution is -2.45. The van der Waals surface area contributed by atoms with Gasteiger partial charge in [-0.2, -0.15) is 9.78 Å². The highest BCUT2D eigenvalue weighted by atomic mass is 16.6. The third-order valence-corrected chi connectivity index (χ3v) is 7.63. The van der Waals surface area contributed by atoms with E-state index in [1.54, 1.807) is 6.20 Å². The van der Waals surface area contributed by atoms with Crippen LogP contribution in [0.4, 0.5) is 4.79 Å². The van der Waals surface area contributed by atoms with Crippen LogP contribution in [0.5, 0.6) is 5.75 Å². The maximum absolute atomic E-state index is 14.0. The highest BCUT2D eigenvalue weighted by Crippen LogP contribution is 2.42. The van der Waals surface area contributed by atoms with E-state index in [1.165, 1.54) is 4.68 Å². The third kappa shape index (κ3) is 5.61. The van der Waals surface area contributed by atoms with Crippen LogP contribution in [0.1, 0.15) is 70.8 Å². The first-order valence-electron chi connectivity index (χ1n) is 13.5. The number of azide groups is 1. The molecule has 200 valence electrons. The summed E-state index contributed by atoms with van der Waals surface area (Å²) in [5.74, 6) is 0.898. The molecule has 3 aliphatic carbocycles. The minimum atomic E-state index is -0.516. The molecule has 10 nitrogen and oxygen atoms in total. The summed E-state index contributed by atoms with van der Waals surface area (Å²) in [5.41, 5.74) is 13.1. The van der Waals surface area contributed by atoms with E-state index in [0.717, 1.165) is 54.5 Å². The molecule has 2 aromatic carbocycles. The Bertz CT molecular complexity index is 1420. The van der Waals surface area contributed by atoms with Gasteiger partial charge in [0.05, 0.1) is 11.3 Å². The molecular weight excluding hydrogens is 496 g/mol. The van der Waals surface area contributed by atoms with E-state index in [1.807, 2.05) is 53.4 Å². The van der Waals surface area contributed by atoms with Crippen molar-refractivity contribution in [1.29, 1.82) is 0 Å². The summed E-state index contributed by atoms with van der Waals surface area (Å²) < 4.78 is 12.5. The van der Waals surface area contributed by atoms with E-state index in [4.69, 9.17) is 15.0 Å². The van der Waals surface area contributed by atoms with Crippen molar-refractivity contribution >= 4 is 12.0 Å². The molecule has 1 heterocycles. The molecule has 1 unspecified atom stereocenters. The topological polar surface area (TPSA) is 122 Å². The van der Waals surface area contributed by atoms with Gasteiger partial charge in [0, 0.05) is 23.2 Å². The fourth-order valence-corrected chi connectivity index (χ4v) is 5.35. The zero-order valence-electron chi connectivity index (χ0n) is 21.6. The van der Waals surface area contributed by atoms with Crippen molar-refractivity contribution in [3.05, 3.63) is 93.1 Å². The smallest absolute Gasteiger partial charge is 0.435 e. The summed E-state index contributed by atoms with van der Waals surface area (Å²) in [4.78, 5) is 31.4. The van der Waals surface area contributed by atoms with Gasteiger partial charge in [-0.1, -0.05) is 41.5 Å². The molecule has 0 N–H and O–H groups in total. The van der Waals surface area contributed by atoms with Crippen LogP contribution in [0.3, 0.4) is 0 Å². The molecule has 0 aliphatic heterocycles. The molecule has 0 spiro atoms. The zero-order chi connectivity index (χ0) is 26.8. The van der Waals surface area contributed by atoms with Crippen LogP contribution in [-0.2, 0) is 24.2 Å². The van der Waals surface area contributed by atoms with Gasteiger partial charge in [-0.25, -0.2) is 4.79 Å². The summed E-state index contributed by atoms with van der Waals surface area (Å²) in [6.45, 7) is 0.0150. The van der Waals surface area contributed by atoms with Crippen molar-refractivity contribution in [3.8, 4) is 5.75 Å². The number of carbonyl (C=O) groups is 2. The second kappa shape index (κ2) is 10.8. The molecule has 0 saturated heterocycles. The molecule has 1 aromatic heterocycles. The van der Waals surface area contributed by atoms with Crippen LogP contribution >= 0.6 is 0 Å². The average Bonchev–Trinajstić information content (AvgIpc) is 3.90. The number of rotatable bonds is 9. The van der Waals surface area contributed by atoms with Crippen molar-refractivity contribution in [3.63, 3.8) is 0 Å². The first-order chi connectivity index (χ1) is 19.1. The summed E-state index contributed by atoms with van der Waals surface area (Å²) in [7, 11) is 0. The van der Waals surface area contributed by atoms with Gasteiger partial charge in [-0.05, 0) is 85.2 Å². The fraction of sp³-hybridized carbons (Fsp3) is 0.414. The maximum Gasteiger partial charge on any atom is 0.435 e. The molecule has 3 aromatic rings. The zero-order valence-corrected chi connectivity index (χ0v) is 21.6. The summed E-state index contributed by atoms with van der Waals surface area (Å²) in [6, 6.07) is 15.5. The maximum atomic E-state index is 14.0. The van der Waals surface area contributed by atoms with E-state index in [9.17, 15) is 9.59 Å². The van der Waals surface area contributed by atoms with Gasteiger partial charge < -0.3 is 14.4 Å². The number of aryl methyl sites for hydroxylation is 1. The fourth-order valence-electron chi connectivity index (χ4n) is 5.35. The lowest BCUT2D eigenvalue weighted by molar-refractivity contribution is 0.0638. The predicted octanol–water partition coefficient (Wildman–Crippen LogP) is 5.75. The van der Waals surface area contributed by atoms with Gasteiger partial charge in [0.2, 0.25) is 0 Å². The van der Waals surface area contributed by atoms with Crippen LogP contribution in [0, 0.1) is 0 Å². The normalized spacial score (nSPS) is 18.0. The number of carbonyl (C=O) groups excluding carboxylic acids is 2. The molecular formula is C29H30N6O4. The molecule has 2 saturated carbocycles. The number of ether oxygens (including phenoxy) is 2. The lowest BCUT2D eigenvalue weighted by atomic mass is 9.91. The Labute approximate surface area is 226 Å². The number of hydrogen-bond donors (Lipinski definition) is 0. The Morgan fingerprint density at radius 1 is 1.08 bits per heavy atom. The van der Waals surface area contributed by atoms with Crippen LogP contribution < -0.4 is 4.74 Å². The molecule has 6 rings (SSSR count). The van der Waals surface area contributed by atoms with E-state index in [0.29, 0.717) is 30.1 Å². The highest BCUT2D eigenvalue weighted by molar-refractivity contribution is 5.97. The van der Waals surface area contributed by atoms with Crippen molar-refractivity contribution in [2.24, 2.45) is 5.11 Å². The van der Waals surface area contributed by atoms with E-state index in [-0.39, 0.29) is 31.3 Å². The SMILES string of the molecule is [N-]=[N+]=NCOc1cc(C2CC2)ccc1C(=O)N(C1CC1)C1CCc2nn(C(=O)OCc3ccccc3)cc2C1. The van der Waals surface area contributed by atoms with Crippen molar-refractivity contribution < 1.29 is 19.1 Å². The minimum Gasteiger partial charge on any atom is -0.487 e. The number of amides is 1. The van der Waals surface area contributed by atoms with E-state index < -0.39 is 6.09 Å². The van der Waals surface area contributed by atoms with Crippen molar-refractivity contribution in [2.45, 2.75) is 69.6 Å². The minimum absolute atomic E-state index is 0.0106. The second-order valence-corrected chi connectivity index (χ2v) is 10.5. The summed E-state index contributed by atoms with van der Waals surface area (Å²) >= 11 is 0. The number of aromatic nitrogens is 2. The van der Waals surface area contributed by atoms with Gasteiger partial charge in [-0.3, -0.25) is 4.79 Å². The Hall–Kier alpha value is -4.30. The monoisotopic (exact) mass is 526 g/mol. The quantitative estimate of drug-likeness (QED) is 0.199. The molecule has 10 heteroatoms. The molecule has 39 heavy (non-hydrogen) atoms. The largest absolute Gasteiger partial charge is 0.487 e. The predicted molar refractivity (Wildman–Crippen MR) is 142 cm³/mol. The van der Waals surface area contributed by atoms with E-state index >= 15 is 0 Å². The van der Waals surface area contributed by atoms with Gasteiger partial charge in [0.1, 0.15) is 12.4 Å². The van der Waals surface area contributed by atoms with Crippen molar-refractivity contribution in [1.82, 2.24) is 14.7 Å². The number of benzene rings is 2. The van der Waals surface area contributed by atoms with Gasteiger partial charge in [-0.15, -0.1) is 0 Å². The standard InChI is InChI=1S/C29H30N6O4/c30-33-31-18-39-27-15-21(20-6-7-20)8-12-25(27)28(36)35(23-9-10-23)24-11-13-26-22(14-24)16-34(32-26)29(37)38-17-19-4-2-1-3-5-19/h1-5,8,12,15-16,20,23-24H,6-7,9-11,13-14,17-18H2. The Morgan fingerprint density at radius 2 is 1.90 bits per heavy atom. The third-order valence-electron chi connectivity index (χ3n) is 7.63. The molecule has 3 aliphatic rings. The first kappa shape index (κ1) is 25.0. The Morgan fingerprint density at radius 3 is 2.64 bits per heavy atom. The molecule has 1 atom stereocenters. The van der Waals surface area contributed by atoms with Crippen molar-refractivity contribution in [2.75, 3.05) is 6.73 Å². The molecule has 0 bridgehead atoms. The van der Waals surface area contributed by atoms with E-state index in [2.05, 4.69) is 15.1 Å². The van der Waals surface area contributed by atoms with Crippen LogP contribution in [0.2, 0.25) is 0 Å². The van der Waals surface area contributed by atoms with Crippen LogP contribution in [-0.4, -0.2) is 45.5 Å². The Kier molecular flexibility index (Phi) is 6.94. The van der Waals surface area contributed by atoms with Gasteiger partial charge in [0.25, 0.3) is 5.91 Å². The molecule has 1 amide bonds. The summed E-state index contributed by atoms with van der Waals surface area (Å²) in [6.07, 6.45) is 7.49. The summed E-state index contributed by atoms with van der Waals surface area (Å²) in [5, 5.41) is 7.99. The van der Waals surface area contributed by atoms with Gasteiger partial charge in [0.15, 0.2) is 6.73 Å². The first-order valence-corrected chi connectivity index (χ1v) is 13.5. The van der Waals surface area contributed by atoms with Crippen LogP contribution in [0.15, 0.2) is 59.8 Å². The number of fused-ring (bicyclic) bond motifs is 1. The van der Waals surface area contributed by atoms with Gasteiger partial charge >= 0.3 is 6.09 Å². The number of nitrogens with zero attached hydrogens (tertiary/aromatic N) is 6. The molecule has 2 fully saturated rings. The average molecular weight is 527 g/mol. The number of hydrogen-bond acceptors (Lipinski definition) is 6. The Balaban J connectivity index is 1.18. The van der Waals surface area contributed by atoms with Crippen LogP contribution in [0.25, 0.3) is 10.4 Å².